The van der Waals surface area contributed by atoms with Crippen molar-refractivity contribution in [1.29, 1.82) is 0 Å². The topological polar surface area (TPSA) is 47.3 Å². The molecule has 0 bridgehead atoms. The number of benzene rings is 1. The van der Waals surface area contributed by atoms with Gasteiger partial charge in [-0.3, -0.25) is 0 Å². The van der Waals surface area contributed by atoms with Crippen LogP contribution in [0.25, 0.3) is 0 Å². The van der Waals surface area contributed by atoms with Crippen LogP contribution >= 0.6 is 0 Å². The number of hydrogen-bond donors (Lipinski definition) is 2. The summed E-state index contributed by atoms with van der Waals surface area (Å²) < 4.78 is 5.53. The van der Waals surface area contributed by atoms with Crippen LogP contribution in [-0.4, -0.2) is 13.2 Å². The van der Waals surface area contributed by atoms with Crippen LogP contribution in [-0.2, 0) is 0 Å². The van der Waals surface area contributed by atoms with E-state index < -0.39 is 0 Å². The largest absolute Gasteiger partial charge is 0.492 e. The molecule has 0 aromatic heterocycles. The summed E-state index contributed by atoms with van der Waals surface area (Å²) >= 11 is 0. The predicted octanol–water partition coefficient (Wildman–Crippen LogP) is 4.30. The predicted molar refractivity (Wildman–Crippen MR) is 86.3 cm³/mol. The van der Waals surface area contributed by atoms with Gasteiger partial charge in [-0.15, -0.1) is 0 Å². The van der Waals surface area contributed by atoms with Crippen molar-refractivity contribution in [2.45, 2.75) is 46.0 Å². The summed E-state index contributed by atoms with van der Waals surface area (Å²) in [5.41, 5.74) is 7.88. The van der Waals surface area contributed by atoms with E-state index >= 15 is 0 Å². The maximum absolute atomic E-state index is 6.14. The van der Waals surface area contributed by atoms with Gasteiger partial charge in [0.2, 0.25) is 0 Å². The second kappa shape index (κ2) is 7.41. The van der Waals surface area contributed by atoms with Gasteiger partial charge < -0.3 is 15.8 Å². The van der Waals surface area contributed by atoms with Gasteiger partial charge in [0.05, 0.1) is 18.0 Å². The smallest absolute Gasteiger partial charge is 0.144 e. The maximum atomic E-state index is 6.14. The van der Waals surface area contributed by atoms with E-state index in [1.165, 1.54) is 32.1 Å². The molecule has 3 heteroatoms. The molecule has 1 aromatic carbocycles. The molecule has 1 saturated carbocycles. The van der Waals surface area contributed by atoms with Crippen molar-refractivity contribution >= 4 is 11.4 Å². The van der Waals surface area contributed by atoms with E-state index in [1.807, 2.05) is 25.1 Å². The van der Waals surface area contributed by atoms with Crippen molar-refractivity contribution in [2.24, 2.45) is 11.8 Å². The zero-order chi connectivity index (χ0) is 14.4. The summed E-state index contributed by atoms with van der Waals surface area (Å²) in [4.78, 5) is 0. The zero-order valence-corrected chi connectivity index (χ0v) is 12.8. The van der Waals surface area contributed by atoms with Crippen LogP contribution in [0.4, 0.5) is 11.4 Å². The van der Waals surface area contributed by atoms with Crippen molar-refractivity contribution in [3.63, 3.8) is 0 Å². The fraction of sp³-hybridized carbons (Fsp3) is 0.647. The quantitative estimate of drug-likeness (QED) is 0.762. The van der Waals surface area contributed by atoms with Crippen LogP contribution in [0.1, 0.15) is 46.0 Å². The third kappa shape index (κ3) is 3.81. The molecule has 0 atom stereocenters. The standard InChI is InChI=1S/C17H28N2O/c1-3-13-8-10-14(11-9-13)12-19-15-6-5-7-16(17(15)18)20-4-2/h5-7,13-14,19H,3-4,8-12,18H2,1-2H3. The molecular weight excluding hydrogens is 248 g/mol. The van der Waals surface area contributed by atoms with E-state index in [2.05, 4.69) is 12.2 Å². The molecule has 1 fully saturated rings. The minimum Gasteiger partial charge on any atom is -0.492 e. The highest BCUT2D eigenvalue weighted by atomic mass is 16.5. The van der Waals surface area contributed by atoms with Gasteiger partial charge in [-0.2, -0.15) is 0 Å². The highest BCUT2D eigenvalue weighted by Gasteiger charge is 2.19. The van der Waals surface area contributed by atoms with Crippen LogP contribution in [0, 0.1) is 11.8 Å². The van der Waals surface area contributed by atoms with Crippen LogP contribution in [0.2, 0.25) is 0 Å². The van der Waals surface area contributed by atoms with Crippen molar-refractivity contribution in [3.8, 4) is 5.75 Å². The van der Waals surface area contributed by atoms with E-state index in [0.717, 1.165) is 35.5 Å². The van der Waals surface area contributed by atoms with E-state index in [0.29, 0.717) is 6.61 Å². The Kier molecular flexibility index (Phi) is 5.57. The molecule has 112 valence electrons. The van der Waals surface area contributed by atoms with Crippen LogP contribution in [0.5, 0.6) is 5.75 Å². The van der Waals surface area contributed by atoms with Crippen LogP contribution in [0.3, 0.4) is 0 Å². The van der Waals surface area contributed by atoms with Crippen molar-refractivity contribution < 1.29 is 4.74 Å². The van der Waals surface area contributed by atoms with Gasteiger partial charge in [0.1, 0.15) is 5.75 Å². The SMILES string of the molecule is CCOc1cccc(NCC2CCC(CC)CC2)c1N. The second-order valence-electron chi connectivity index (χ2n) is 5.83. The number of hydrogen-bond acceptors (Lipinski definition) is 3. The number of nitrogens with two attached hydrogens (primary N) is 1. The monoisotopic (exact) mass is 276 g/mol. The maximum Gasteiger partial charge on any atom is 0.144 e. The lowest BCUT2D eigenvalue weighted by molar-refractivity contribution is 0.278. The third-order valence-corrected chi connectivity index (χ3v) is 4.49. The van der Waals surface area contributed by atoms with E-state index in [-0.39, 0.29) is 0 Å². The van der Waals surface area contributed by atoms with E-state index in [1.54, 1.807) is 0 Å². The zero-order valence-electron chi connectivity index (χ0n) is 12.8. The highest BCUT2D eigenvalue weighted by molar-refractivity contribution is 5.72. The van der Waals surface area contributed by atoms with E-state index in [4.69, 9.17) is 10.5 Å². The molecule has 0 heterocycles. The van der Waals surface area contributed by atoms with Gasteiger partial charge >= 0.3 is 0 Å². The Morgan fingerprint density at radius 1 is 1.15 bits per heavy atom. The highest BCUT2D eigenvalue weighted by Crippen LogP contribution is 2.33. The summed E-state index contributed by atoms with van der Waals surface area (Å²) in [6.45, 7) is 5.96. The number of ether oxygens (including phenoxy) is 1. The molecule has 1 aromatic rings. The lowest BCUT2D eigenvalue weighted by atomic mass is 9.81. The second-order valence-corrected chi connectivity index (χ2v) is 5.83. The average Bonchev–Trinajstić information content (AvgIpc) is 2.49. The Hall–Kier alpha value is -1.38. The Bertz CT molecular complexity index is 411. The van der Waals surface area contributed by atoms with Gasteiger partial charge in [-0.25, -0.2) is 0 Å². The molecule has 0 amide bonds. The Morgan fingerprint density at radius 3 is 2.50 bits per heavy atom. The molecular formula is C17H28N2O. The first kappa shape index (κ1) is 15.0. The first-order valence-electron chi connectivity index (χ1n) is 7.99. The molecule has 20 heavy (non-hydrogen) atoms. The van der Waals surface area contributed by atoms with Gasteiger partial charge in [0.15, 0.2) is 0 Å². The average molecular weight is 276 g/mol. The molecule has 0 radical (unpaired) electrons. The Morgan fingerprint density at radius 2 is 1.85 bits per heavy atom. The third-order valence-electron chi connectivity index (χ3n) is 4.49. The minimum atomic E-state index is 0.648. The normalized spacial score (nSPS) is 22.5. The van der Waals surface area contributed by atoms with Gasteiger partial charge in [0.25, 0.3) is 0 Å². The number of nitrogen functional groups attached to an aromatic ring is 1. The summed E-state index contributed by atoms with van der Waals surface area (Å²) in [5, 5.41) is 3.51. The summed E-state index contributed by atoms with van der Waals surface area (Å²) in [5.74, 6) is 2.53. The van der Waals surface area contributed by atoms with Gasteiger partial charge in [0, 0.05) is 6.54 Å². The molecule has 0 saturated heterocycles. The minimum absolute atomic E-state index is 0.648. The fourth-order valence-corrected chi connectivity index (χ4v) is 3.08. The summed E-state index contributed by atoms with van der Waals surface area (Å²) in [7, 11) is 0. The number of para-hydroxylation sites is 1. The van der Waals surface area contributed by atoms with Crippen molar-refractivity contribution in [3.05, 3.63) is 18.2 Å². The Labute approximate surface area is 122 Å². The van der Waals surface area contributed by atoms with Gasteiger partial charge in [-0.1, -0.05) is 32.3 Å². The number of nitrogens with one attached hydrogen (secondary N) is 1. The lowest BCUT2D eigenvalue weighted by Crippen LogP contribution is -2.21. The molecule has 0 unspecified atom stereocenters. The number of rotatable bonds is 6. The lowest BCUT2D eigenvalue weighted by Gasteiger charge is -2.28. The first-order chi connectivity index (χ1) is 9.74. The molecule has 3 nitrogen and oxygen atoms in total. The summed E-state index contributed by atoms with van der Waals surface area (Å²) in [6, 6.07) is 5.96. The number of anilines is 2. The fourth-order valence-electron chi connectivity index (χ4n) is 3.08. The van der Waals surface area contributed by atoms with E-state index in [9.17, 15) is 0 Å². The van der Waals surface area contributed by atoms with Crippen LogP contribution < -0.4 is 15.8 Å². The van der Waals surface area contributed by atoms with Gasteiger partial charge in [-0.05, 0) is 43.7 Å². The van der Waals surface area contributed by atoms with Crippen LogP contribution in [0.15, 0.2) is 18.2 Å². The molecule has 3 N–H and O–H groups in total. The Balaban J connectivity index is 1.86. The molecule has 0 spiro atoms. The molecule has 0 aliphatic heterocycles. The summed E-state index contributed by atoms with van der Waals surface area (Å²) in [6.07, 6.45) is 6.80. The molecule has 1 aliphatic carbocycles. The molecule has 2 rings (SSSR count). The first-order valence-corrected chi connectivity index (χ1v) is 7.99. The van der Waals surface area contributed by atoms with Crippen molar-refractivity contribution in [2.75, 3.05) is 24.2 Å². The molecule has 1 aliphatic rings. The van der Waals surface area contributed by atoms with Crippen molar-refractivity contribution in [1.82, 2.24) is 0 Å².